The molecule has 0 saturated heterocycles. The van der Waals surface area contributed by atoms with Gasteiger partial charge >= 0.3 is 112 Å². The summed E-state index contributed by atoms with van der Waals surface area (Å²) in [5.74, 6) is 0. The second-order valence-corrected chi connectivity index (χ2v) is 11.1. The zero-order chi connectivity index (χ0) is 26.0. The Hall–Kier alpha value is -2.96. The van der Waals surface area contributed by atoms with Gasteiger partial charge in [0.15, 0.2) is 0 Å². The van der Waals surface area contributed by atoms with Crippen LogP contribution >= 0.6 is 0 Å². The van der Waals surface area contributed by atoms with E-state index in [0.29, 0.717) is 0 Å². The molecule has 0 nitrogen and oxygen atoms in total. The summed E-state index contributed by atoms with van der Waals surface area (Å²) < 4.78 is 1.60. The Bertz CT molecular complexity index is 1640. The fraction of sp³-hybridized carbons (Fsp3) is 0.0811. The van der Waals surface area contributed by atoms with Gasteiger partial charge in [0.2, 0.25) is 0 Å². The molecule has 0 aromatic heterocycles. The smallest absolute Gasteiger partial charge is 0.0520 e. The largest absolute Gasteiger partial charge is 0.126 e. The summed E-state index contributed by atoms with van der Waals surface area (Å²) in [6.07, 6.45) is 12.2. The maximum Gasteiger partial charge on any atom is -0.0520 e. The van der Waals surface area contributed by atoms with Crippen LogP contribution in [0.1, 0.15) is 17.5 Å². The third kappa shape index (κ3) is 8.52. The van der Waals surface area contributed by atoms with E-state index < -0.39 is 0 Å². The van der Waals surface area contributed by atoms with Gasteiger partial charge in [0, 0.05) is 0 Å². The first-order valence-corrected chi connectivity index (χ1v) is 14.3. The standard InChI is InChI=1S/C17H11.C15H14.C5H5.2ClH.Zr/c1-3-7-14-12(5-1)9-10-16-15-8-4-2-6-13(15)11-17(14)16;1-3-8-14(9-4-1)12-7-13-15-10-5-2-6-11-15;1-2-4-5-3-1;;;/h1-11H;1-6,8-11H,12-13H2;1-3H,4H2;2*1H;/q-1;;-1;;;+2/p-2. The molecule has 6 aromatic carbocycles. The quantitative estimate of drug-likeness (QED) is 0.261. The van der Waals surface area contributed by atoms with Crippen LogP contribution in [0.5, 0.6) is 0 Å². The fourth-order valence-electron chi connectivity index (χ4n) is 4.80. The van der Waals surface area contributed by atoms with E-state index >= 15 is 0 Å². The van der Waals surface area contributed by atoms with Gasteiger partial charge in [-0.25, -0.2) is 12.2 Å². The van der Waals surface area contributed by atoms with E-state index in [0.717, 1.165) is 19.3 Å². The summed E-state index contributed by atoms with van der Waals surface area (Å²) in [6.45, 7) is 0. The molecule has 40 heavy (non-hydrogen) atoms. The van der Waals surface area contributed by atoms with Gasteiger partial charge in [0.1, 0.15) is 0 Å². The number of halogens is 2. The molecule has 0 amide bonds. The van der Waals surface area contributed by atoms with Crippen molar-refractivity contribution in [3.05, 3.63) is 163 Å². The molecular formula is C37H30Cl2Zr-2. The monoisotopic (exact) mass is 634 g/mol. The van der Waals surface area contributed by atoms with Crippen molar-refractivity contribution in [2.24, 2.45) is 0 Å². The second kappa shape index (κ2) is 16.3. The van der Waals surface area contributed by atoms with E-state index in [-0.39, 0.29) is 24.8 Å². The molecule has 0 unspecified atom stereocenters. The van der Waals surface area contributed by atoms with Crippen molar-refractivity contribution in [1.82, 2.24) is 0 Å². The number of rotatable bonds is 4. The average molecular weight is 637 g/mol. The Morgan fingerprint density at radius 2 is 1.20 bits per heavy atom. The van der Waals surface area contributed by atoms with Crippen molar-refractivity contribution in [3.63, 3.8) is 0 Å². The van der Waals surface area contributed by atoms with Crippen LogP contribution in [0.15, 0.2) is 146 Å². The third-order valence-corrected chi connectivity index (χ3v) is 7.50. The molecule has 0 N–H and O–H groups in total. The van der Waals surface area contributed by atoms with Crippen molar-refractivity contribution >= 4 is 35.5 Å². The molecule has 198 valence electrons. The van der Waals surface area contributed by atoms with Gasteiger partial charge in [-0.2, -0.15) is 6.08 Å². The van der Waals surface area contributed by atoms with E-state index in [4.69, 9.17) is 0 Å². The van der Waals surface area contributed by atoms with Crippen LogP contribution < -0.4 is 24.8 Å². The van der Waals surface area contributed by atoms with Crippen LogP contribution in [0.3, 0.4) is 0 Å². The third-order valence-electron chi connectivity index (χ3n) is 6.63. The zero-order valence-electron chi connectivity index (χ0n) is 22.2. The summed E-state index contributed by atoms with van der Waals surface area (Å²) in [7, 11) is 0. The van der Waals surface area contributed by atoms with Gasteiger partial charge in [-0.3, -0.25) is 6.08 Å². The molecule has 0 aliphatic heterocycles. The Morgan fingerprint density at radius 3 is 1.77 bits per heavy atom. The molecule has 0 bridgehead atoms. The molecule has 0 saturated carbocycles. The van der Waals surface area contributed by atoms with E-state index in [2.05, 4.69) is 140 Å². The fourth-order valence-corrected chi connectivity index (χ4v) is 5.80. The molecule has 3 heteroatoms. The molecule has 0 heterocycles. The molecule has 1 aliphatic rings. The molecule has 0 spiro atoms. The van der Waals surface area contributed by atoms with Crippen molar-refractivity contribution in [1.29, 1.82) is 0 Å². The first kappa shape index (κ1) is 31.6. The van der Waals surface area contributed by atoms with Crippen LogP contribution in [0.25, 0.3) is 32.3 Å². The summed E-state index contributed by atoms with van der Waals surface area (Å²) in [5, 5.41) is 8.08. The van der Waals surface area contributed by atoms with Crippen molar-refractivity contribution in [2.45, 2.75) is 19.3 Å². The van der Waals surface area contributed by atoms with E-state index in [1.54, 1.807) is 27.4 Å². The van der Waals surface area contributed by atoms with Crippen LogP contribution in [-0.4, -0.2) is 3.21 Å². The van der Waals surface area contributed by atoms with E-state index in [1.807, 2.05) is 12.2 Å². The number of hydrogen-bond acceptors (Lipinski definition) is 0. The molecular weight excluding hydrogens is 607 g/mol. The van der Waals surface area contributed by atoms with Gasteiger partial charge in [-0.1, -0.05) is 65.4 Å². The predicted molar refractivity (Wildman–Crippen MR) is 161 cm³/mol. The summed E-state index contributed by atoms with van der Waals surface area (Å²) in [5.41, 5.74) is 2.84. The predicted octanol–water partition coefficient (Wildman–Crippen LogP) is 3.37. The normalized spacial score (nSPS) is 11.2. The Kier molecular flexibility index (Phi) is 12.9. The van der Waals surface area contributed by atoms with Gasteiger partial charge < -0.3 is 24.8 Å². The van der Waals surface area contributed by atoms with Crippen molar-refractivity contribution in [2.75, 3.05) is 0 Å². The van der Waals surface area contributed by atoms with Gasteiger partial charge in [-0.15, -0.1) is 40.1 Å². The van der Waals surface area contributed by atoms with Crippen LogP contribution in [-0.2, 0) is 37.1 Å². The Labute approximate surface area is 264 Å². The Morgan fingerprint density at radius 1 is 0.625 bits per heavy atom. The molecule has 0 radical (unpaired) electrons. The molecule has 6 aromatic rings. The number of fused-ring (bicyclic) bond motifs is 5. The van der Waals surface area contributed by atoms with Gasteiger partial charge in [-0.05, 0) is 0 Å². The SMILES string of the molecule is [C-]1=CC=CC1.[Cl-].[Cl-].[Zr+2]=[C](Cc1ccccc1)Cc1ccccc1.c1ccc2c(c1)ccc1c3ccccc3[cH-]c21. The molecule has 0 atom stereocenters. The van der Waals surface area contributed by atoms with E-state index in [1.165, 1.54) is 43.4 Å². The summed E-state index contributed by atoms with van der Waals surface area (Å²) in [4.78, 5) is 0. The van der Waals surface area contributed by atoms with Crippen LogP contribution in [0.2, 0.25) is 0 Å². The molecule has 7 rings (SSSR count). The number of hydrogen-bond donors (Lipinski definition) is 0. The van der Waals surface area contributed by atoms with Crippen molar-refractivity contribution < 1.29 is 49.0 Å². The second-order valence-electron chi connectivity index (χ2n) is 9.41. The molecule has 0 fully saturated rings. The van der Waals surface area contributed by atoms with Gasteiger partial charge in [0.25, 0.3) is 0 Å². The summed E-state index contributed by atoms with van der Waals surface area (Å²) in [6, 6.07) is 45.3. The van der Waals surface area contributed by atoms with Crippen LogP contribution in [0, 0.1) is 6.08 Å². The van der Waals surface area contributed by atoms with Crippen LogP contribution in [0.4, 0.5) is 0 Å². The van der Waals surface area contributed by atoms with Crippen molar-refractivity contribution in [3.8, 4) is 0 Å². The first-order valence-electron chi connectivity index (χ1n) is 13.1. The Balaban J connectivity index is 0.000000181. The zero-order valence-corrected chi connectivity index (χ0v) is 26.2. The first-order chi connectivity index (χ1) is 18.8. The minimum absolute atomic E-state index is 0. The van der Waals surface area contributed by atoms with Gasteiger partial charge in [0.05, 0.1) is 0 Å². The molecule has 1 aliphatic carbocycles. The number of benzene rings is 5. The minimum Gasteiger partial charge on any atom is -0.126 e. The van der Waals surface area contributed by atoms with E-state index in [9.17, 15) is 0 Å². The topological polar surface area (TPSA) is 0 Å². The summed E-state index contributed by atoms with van der Waals surface area (Å²) >= 11 is 1.55. The minimum atomic E-state index is 0. The maximum atomic E-state index is 2.99. The number of allylic oxidation sites excluding steroid dienone is 4. The average Bonchev–Trinajstić information content (AvgIpc) is 3.67. The maximum absolute atomic E-state index is 2.99.